The smallest absolute Gasteiger partial charge is 0.231 e. The Morgan fingerprint density at radius 1 is 0.724 bits per heavy atom. The zero-order chi connectivity index (χ0) is 19.2. The molecule has 5 nitrogen and oxygen atoms in total. The van der Waals surface area contributed by atoms with Gasteiger partial charge in [-0.1, -0.05) is 54.6 Å². The molecule has 1 aliphatic rings. The topological polar surface area (TPSA) is 48.7 Å². The Balaban J connectivity index is 1.44. The molecule has 140 valence electrons. The third kappa shape index (κ3) is 2.68. The van der Waals surface area contributed by atoms with Gasteiger partial charge in [0.15, 0.2) is 17.3 Å². The molecule has 6 rings (SSSR count). The van der Waals surface area contributed by atoms with Crippen molar-refractivity contribution in [1.29, 1.82) is 0 Å². The van der Waals surface area contributed by atoms with Gasteiger partial charge >= 0.3 is 0 Å². The van der Waals surface area contributed by atoms with Crippen molar-refractivity contribution < 1.29 is 9.47 Å². The van der Waals surface area contributed by atoms with Crippen LogP contribution in [0.25, 0.3) is 38.7 Å². The zero-order valence-electron chi connectivity index (χ0n) is 15.3. The predicted molar refractivity (Wildman–Crippen MR) is 113 cm³/mol. The van der Waals surface area contributed by atoms with E-state index in [2.05, 4.69) is 68.5 Å². The molecule has 5 aromatic rings. The van der Waals surface area contributed by atoms with E-state index in [1.807, 2.05) is 24.3 Å². The maximum atomic E-state index is 5.52. The maximum Gasteiger partial charge on any atom is 0.231 e. The summed E-state index contributed by atoms with van der Waals surface area (Å²) >= 11 is 1.58. The Morgan fingerprint density at radius 3 is 2.31 bits per heavy atom. The van der Waals surface area contributed by atoms with Crippen LogP contribution in [0.4, 0.5) is 0 Å². The summed E-state index contributed by atoms with van der Waals surface area (Å²) in [5.74, 6) is 2.29. The van der Waals surface area contributed by atoms with Crippen LogP contribution in [0.2, 0.25) is 0 Å². The van der Waals surface area contributed by atoms with Crippen molar-refractivity contribution in [2.24, 2.45) is 0 Å². The second kappa shape index (κ2) is 6.46. The highest BCUT2D eigenvalue weighted by Gasteiger charge is 2.19. The largest absolute Gasteiger partial charge is 0.454 e. The van der Waals surface area contributed by atoms with Crippen LogP contribution < -0.4 is 9.47 Å². The van der Waals surface area contributed by atoms with Crippen molar-refractivity contribution in [1.82, 2.24) is 14.6 Å². The first-order valence-electron chi connectivity index (χ1n) is 9.25. The van der Waals surface area contributed by atoms with Gasteiger partial charge in [0.2, 0.25) is 11.8 Å². The van der Waals surface area contributed by atoms with Gasteiger partial charge in [-0.25, -0.2) is 0 Å². The van der Waals surface area contributed by atoms with E-state index >= 15 is 0 Å². The first kappa shape index (κ1) is 16.3. The molecule has 0 saturated carbocycles. The van der Waals surface area contributed by atoms with E-state index < -0.39 is 0 Å². The summed E-state index contributed by atoms with van der Waals surface area (Å²) in [6, 6.07) is 24.8. The first-order valence-corrected chi connectivity index (χ1v) is 10.1. The van der Waals surface area contributed by atoms with Crippen LogP contribution >= 0.6 is 11.3 Å². The minimum absolute atomic E-state index is 0.255. The fourth-order valence-electron chi connectivity index (χ4n) is 3.61. The van der Waals surface area contributed by atoms with Gasteiger partial charge in [0.1, 0.15) is 0 Å². The SMILES string of the molecule is c1ccc(-c2ccc(-c3csc4nnc(-c5ccc6c(c5)OCO6)n34)cc2)cc1. The van der Waals surface area contributed by atoms with E-state index in [1.165, 1.54) is 11.1 Å². The summed E-state index contributed by atoms with van der Waals surface area (Å²) in [6.07, 6.45) is 0. The number of thiazole rings is 1. The number of hydrogen-bond donors (Lipinski definition) is 0. The minimum Gasteiger partial charge on any atom is -0.454 e. The highest BCUT2D eigenvalue weighted by molar-refractivity contribution is 7.15. The van der Waals surface area contributed by atoms with E-state index in [1.54, 1.807) is 11.3 Å². The van der Waals surface area contributed by atoms with Crippen LogP contribution in [0, 0.1) is 0 Å². The van der Waals surface area contributed by atoms with Crippen molar-refractivity contribution in [3.63, 3.8) is 0 Å². The van der Waals surface area contributed by atoms with Gasteiger partial charge in [-0.15, -0.1) is 21.5 Å². The number of fused-ring (bicyclic) bond motifs is 2. The lowest BCUT2D eigenvalue weighted by Gasteiger charge is -2.06. The Kier molecular flexibility index (Phi) is 3.64. The summed E-state index contributed by atoms with van der Waals surface area (Å²) in [4.78, 5) is 0.861. The van der Waals surface area contributed by atoms with E-state index in [-0.39, 0.29) is 6.79 Å². The molecular weight excluding hydrogens is 382 g/mol. The van der Waals surface area contributed by atoms with Gasteiger partial charge in [-0.3, -0.25) is 4.40 Å². The second-order valence-electron chi connectivity index (χ2n) is 6.77. The lowest BCUT2D eigenvalue weighted by Crippen LogP contribution is -1.93. The van der Waals surface area contributed by atoms with Gasteiger partial charge in [-0.05, 0) is 34.9 Å². The third-order valence-corrected chi connectivity index (χ3v) is 5.88. The summed E-state index contributed by atoms with van der Waals surface area (Å²) in [6.45, 7) is 0.255. The van der Waals surface area contributed by atoms with Gasteiger partial charge in [0, 0.05) is 10.9 Å². The highest BCUT2D eigenvalue weighted by Crippen LogP contribution is 2.37. The molecule has 0 spiro atoms. The predicted octanol–water partition coefficient (Wildman–Crippen LogP) is 5.52. The Morgan fingerprint density at radius 2 is 1.45 bits per heavy atom. The molecule has 0 unspecified atom stereocenters. The third-order valence-electron chi connectivity index (χ3n) is 5.07. The summed E-state index contributed by atoms with van der Waals surface area (Å²) in [7, 11) is 0. The van der Waals surface area contributed by atoms with Crippen molar-refractivity contribution in [3.8, 4) is 45.3 Å². The molecule has 0 amide bonds. The molecule has 0 bridgehead atoms. The van der Waals surface area contributed by atoms with Gasteiger partial charge < -0.3 is 9.47 Å². The average molecular weight is 397 g/mol. The maximum absolute atomic E-state index is 5.52. The van der Waals surface area contributed by atoms with E-state index in [0.29, 0.717) is 0 Å². The van der Waals surface area contributed by atoms with Crippen LogP contribution in [0.15, 0.2) is 78.2 Å². The molecule has 29 heavy (non-hydrogen) atoms. The Bertz CT molecular complexity index is 1320. The number of benzene rings is 3. The van der Waals surface area contributed by atoms with E-state index in [0.717, 1.165) is 39.1 Å². The Labute approximate surface area is 170 Å². The standard InChI is InChI=1S/C23H15N3O2S/c1-2-4-15(5-3-1)16-6-8-17(9-7-16)19-13-29-23-25-24-22(26(19)23)18-10-11-20-21(12-18)28-14-27-20/h1-13H,14H2. The fourth-order valence-corrected chi connectivity index (χ4v) is 4.45. The first-order chi connectivity index (χ1) is 14.4. The van der Waals surface area contributed by atoms with E-state index in [9.17, 15) is 0 Å². The van der Waals surface area contributed by atoms with Crippen molar-refractivity contribution in [3.05, 3.63) is 78.2 Å². The quantitative estimate of drug-likeness (QED) is 0.402. The molecule has 0 N–H and O–H groups in total. The van der Waals surface area contributed by atoms with Crippen molar-refractivity contribution in [2.45, 2.75) is 0 Å². The van der Waals surface area contributed by atoms with E-state index in [4.69, 9.17) is 9.47 Å². The average Bonchev–Trinajstić information content (AvgIpc) is 3.50. The van der Waals surface area contributed by atoms with Crippen LogP contribution in [0.5, 0.6) is 11.5 Å². The summed E-state index contributed by atoms with van der Waals surface area (Å²) < 4.78 is 13.0. The molecule has 0 radical (unpaired) electrons. The normalized spacial score (nSPS) is 12.6. The molecule has 2 aromatic heterocycles. The Hall–Kier alpha value is -3.64. The zero-order valence-corrected chi connectivity index (χ0v) is 16.1. The van der Waals surface area contributed by atoms with Crippen LogP contribution in [-0.4, -0.2) is 21.4 Å². The highest BCUT2D eigenvalue weighted by atomic mass is 32.1. The number of aromatic nitrogens is 3. The molecule has 0 saturated heterocycles. The number of rotatable bonds is 3. The number of hydrogen-bond acceptors (Lipinski definition) is 5. The second-order valence-corrected chi connectivity index (χ2v) is 7.61. The monoisotopic (exact) mass is 397 g/mol. The fraction of sp³-hybridized carbons (Fsp3) is 0.0435. The molecule has 6 heteroatoms. The molecule has 0 aliphatic carbocycles. The van der Waals surface area contributed by atoms with Gasteiger partial charge in [-0.2, -0.15) is 0 Å². The molecule has 3 aromatic carbocycles. The minimum atomic E-state index is 0.255. The van der Waals surface area contributed by atoms with Gasteiger partial charge in [0.05, 0.1) is 5.69 Å². The molecular formula is C23H15N3O2S. The van der Waals surface area contributed by atoms with Crippen molar-refractivity contribution >= 4 is 16.3 Å². The van der Waals surface area contributed by atoms with Crippen molar-refractivity contribution in [2.75, 3.05) is 6.79 Å². The summed E-state index contributed by atoms with van der Waals surface area (Å²) in [5.41, 5.74) is 5.54. The van der Waals surface area contributed by atoms with Crippen LogP contribution in [0.1, 0.15) is 0 Å². The van der Waals surface area contributed by atoms with Crippen LogP contribution in [0.3, 0.4) is 0 Å². The molecule has 0 fully saturated rings. The lowest BCUT2D eigenvalue weighted by molar-refractivity contribution is 0.174. The van der Waals surface area contributed by atoms with Gasteiger partial charge in [0.25, 0.3) is 0 Å². The number of nitrogens with zero attached hydrogens (tertiary/aromatic N) is 3. The molecule has 3 heterocycles. The summed E-state index contributed by atoms with van der Waals surface area (Å²) in [5, 5.41) is 10.9. The number of ether oxygens (including phenoxy) is 2. The molecule has 1 aliphatic heterocycles. The van der Waals surface area contributed by atoms with Crippen LogP contribution in [-0.2, 0) is 0 Å². The lowest BCUT2D eigenvalue weighted by atomic mass is 10.0. The molecule has 0 atom stereocenters.